The van der Waals surface area contributed by atoms with Crippen LogP contribution in [0.2, 0.25) is 0 Å². The zero-order valence-corrected chi connectivity index (χ0v) is 15.5. The van der Waals surface area contributed by atoms with E-state index in [1.165, 1.54) is 9.71 Å². The molecule has 0 unspecified atom stereocenters. The second kappa shape index (κ2) is 7.05. The van der Waals surface area contributed by atoms with E-state index in [0.717, 1.165) is 11.1 Å². The molecule has 3 heterocycles. The standard InChI is InChI=1S/C19H18N4O3S/c1-14-5-7-15(8-6-14)9-11-27(24,25)23-12-16(13-23)19-21-18(22-26-19)17-4-2-3-10-20-17/h2-11,16H,12-13H2,1H3/b11-9+. The predicted molar refractivity (Wildman–Crippen MR) is 101 cm³/mol. The maximum absolute atomic E-state index is 12.4. The molecule has 1 aliphatic rings. The molecule has 0 spiro atoms. The van der Waals surface area contributed by atoms with E-state index >= 15 is 0 Å². The fraction of sp³-hybridized carbons (Fsp3) is 0.211. The van der Waals surface area contributed by atoms with Gasteiger partial charge in [-0.2, -0.15) is 9.29 Å². The number of nitrogens with zero attached hydrogens (tertiary/aromatic N) is 4. The van der Waals surface area contributed by atoms with E-state index in [2.05, 4.69) is 15.1 Å². The van der Waals surface area contributed by atoms with Gasteiger partial charge in [0.1, 0.15) is 5.69 Å². The summed E-state index contributed by atoms with van der Waals surface area (Å²) in [7, 11) is -3.47. The van der Waals surface area contributed by atoms with Crippen molar-refractivity contribution in [2.24, 2.45) is 0 Å². The van der Waals surface area contributed by atoms with Crippen molar-refractivity contribution in [2.45, 2.75) is 12.8 Å². The first-order valence-corrected chi connectivity index (χ1v) is 10.0. The molecule has 0 atom stereocenters. The summed E-state index contributed by atoms with van der Waals surface area (Å²) in [4.78, 5) is 8.52. The number of aromatic nitrogens is 3. The van der Waals surface area contributed by atoms with Crippen molar-refractivity contribution >= 4 is 16.1 Å². The highest BCUT2D eigenvalue weighted by molar-refractivity contribution is 7.92. The first-order chi connectivity index (χ1) is 13.0. The highest BCUT2D eigenvalue weighted by atomic mass is 32.2. The van der Waals surface area contributed by atoms with E-state index in [4.69, 9.17) is 4.52 Å². The van der Waals surface area contributed by atoms with Crippen LogP contribution in [-0.4, -0.2) is 40.9 Å². The lowest BCUT2D eigenvalue weighted by Crippen LogP contribution is -2.47. The Morgan fingerprint density at radius 1 is 1.15 bits per heavy atom. The molecule has 0 bridgehead atoms. The molecule has 8 heteroatoms. The Morgan fingerprint density at radius 3 is 2.63 bits per heavy atom. The molecule has 2 aromatic heterocycles. The molecular weight excluding hydrogens is 364 g/mol. The van der Waals surface area contributed by atoms with E-state index in [0.29, 0.717) is 30.5 Å². The van der Waals surface area contributed by atoms with Crippen LogP contribution in [0.4, 0.5) is 0 Å². The van der Waals surface area contributed by atoms with Gasteiger partial charge in [-0.05, 0) is 30.7 Å². The van der Waals surface area contributed by atoms with Gasteiger partial charge in [0.25, 0.3) is 0 Å². The van der Waals surface area contributed by atoms with Crippen LogP contribution in [-0.2, 0) is 10.0 Å². The van der Waals surface area contributed by atoms with Crippen LogP contribution in [0.15, 0.2) is 58.6 Å². The predicted octanol–water partition coefficient (Wildman–Crippen LogP) is 2.84. The van der Waals surface area contributed by atoms with Crippen molar-refractivity contribution in [3.63, 3.8) is 0 Å². The van der Waals surface area contributed by atoms with Crippen LogP contribution >= 0.6 is 0 Å². The zero-order valence-electron chi connectivity index (χ0n) is 14.7. The second-order valence-corrected chi connectivity index (χ2v) is 8.26. The highest BCUT2D eigenvalue weighted by Crippen LogP contribution is 2.30. The average Bonchev–Trinajstić information content (AvgIpc) is 3.10. The summed E-state index contributed by atoms with van der Waals surface area (Å²) in [5.74, 6) is 0.744. The molecule has 0 aliphatic carbocycles. The molecule has 0 N–H and O–H groups in total. The normalized spacial score (nSPS) is 15.9. The Balaban J connectivity index is 1.40. The first kappa shape index (κ1) is 17.6. The molecule has 1 aliphatic heterocycles. The van der Waals surface area contributed by atoms with Gasteiger partial charge in [-0.15, -0.1) is 0 Å². The fourth-order valence-corrected chi connectivity index (χ4v) is 4.01. The molecule has 3 aromatic rings. The van der Waals surface area contributed by atoms with E-state index in [1.807, 2.05) is 43.3 Å². The van der Waals surface area contributed by atoms with Crippen molar-refractivity contribution in [3.05, 3.63) is 71.1 Å². The number of hydrogen-bond donors (Lipinski definition) is 0. The van der Waals surface area contributed by atoms with Crippen LogP contribution < -0.4 is 0 Å². The Morgan fingerprint density at radius 2 is 1.93 bits per heavy atom. The SMILES string of the molecule is Cc1ccc(/C=C/S(=O)(=O)N2CC(c3nc(-c4ccccn4)no3)C2)cc1. The van der Waals surface area contributed by atoms with Gasteiger partial charge in [-0.1, -0.05) is 41.1 Å². The van der Waals surface area contributed by atoms with Crippen molar-refractivity contribution in [1.29, 1.82) is 0 Å². The number of benzene rings is 1. The largest absolute Gasteiger partial charge is 0.339 e. The molecular formula is C19H18N4O3S. The van der Waals surface area contributed by atoms with E-state index in [-0.39, 0.29) is 5.92 Å². The van der Waals surface area contributed by atoms with Gasteiger partial charge in [-0.3, -0.25) is 4.98 Å². The van der Waals surface area contributed by atoms with Crippen molar-refractivity contribution < 1.29 is 12.9 Å². The van der Waals surface area contributed by atoms with Crippen molar-refractivity contribution in [1.82, 2.24) is 19.4 Å². The molecule has 0 radical (unpaired) electrons. The lowest BCUT2D eigenvalue weighted by molar-refractivity contribution is 0.219. The maximum atomic E-state index is 12.4. The van der Waals surface area contributed by atoms with Crippen molar-refractivity contribution in [2.75, 3.05) is 13.1 Å². The summed E-state index contributed by atoms with van der Waals surface area (Å²) < 4.78 is 31.5. The van der Waals surface area contributed by atoms with Crippen LogP contribution in [0.3, 0.4) is 0 Å². The van der Waals surface area contributed by atoms with Gasteiger partial charge < -0.3 is 4.52 Å². The summed E-state index contributed by atoms with van der Waals surface area (Å²) in [5.41, 5.74) is 2.60. The summed E-state index contributed by atoms with van der Waals surface area (Å²) in [6.07, 6.45) is 3.26. The number of rotatable bonds is 5. The molecule has 138 valence electrons. The molecule has 0 saturated carbocycles. The summed E-state index contributed by atoms with van der Waals surface area (Å²) in [6.45, 7) is 2.64. The molecule has 4 rings (SSSR count). The van der Waals surface area contributed by atoms with E-state index in [9.17, 15) is 8.42 Å². The van der Waals surface area contributed by atoms with Gasteiger partial charge in [0.15, 0.2) is 0 Å². The minimum atomic E-state index is -3.47. The number of pyridine rings is 1. The Kier molecular flexibility index (Phi) is 4.59. The van der Waals surface area contributed by atoms with Crippen LogP contribution in [0.25, 0.3) is 17.6 Å². The smallest absolute Gasteiger partial charge is 0.236 e. The third-order valence-electron chi connectivity index (χ3n) is 4.40. The lowest BCUT2D eigenvalue weighted by atomic mass is 10.0. The summed E-state index contributed by atoms with van der Waals surface area (Å²) >= 11 is 0. The average molecular weight is 382 g/mol. The number of aryl methyl sites for hydroxylation is 1. The third kappa shape index (κ3) is 3.81. The van der Waals surface area contributed by atoms with Gasteiger partial charge in [0, 0.05) is 24.7 Å². The fourth-order valence-electron chi connectivity index (χ4n) is 2.73. The quantitative estimate of drug-likeness (QED) is 0.674. The number of sulfonamides is 1. The van der Waals surface area contributed by atoms with Crippen LogP contribution in [0, 0.1) is 6.92 Å². The maximum Gasteiger partial charge on any atom is 0.236 e. The van der Waals surface area contributed by atoms with Crippen LogP contribution in [0.1, 0.15) is 22.9 Å². The highest BCUT2D eigenvalue weighted by Gasteiger charge is 2.38. The Labute approximate surface area is 157 Å². The molecule has 1 saturated heterocycles. The minimum absolute atomic E-state index is 0.0995. The van der Waals surface area contributed by atoms with Gasteiger partial charge in [0.2, 0.25) is 21.7 Å². The zero-order chi connectivity index (χ0) is 18.9. The summed E-state index contributed by atoms with van der Waals surface area (Å²) in [6, 6.07) is 13.1. The van der Waals surface area contributed by atoms with Gasteiger partial charge in [-0.25, -0.2) is 8.42 Å². The van der Waals surface area contributed by atoms with Crippen LogP contribution in [0.5, 0.6) is 0 Å². The van der Waals surface area contributed by atoms with Gasteiger partial charge >= 0.3 is 0 Å². The lowest BCUT2D eigenvalue weighted by Gasteiger charge is -2.34. The Bertz CT molecular complexity index is 1050. The van der Waals surface area contributed by atoms with E-state index in [1.54, 1.807) is 18.3 Å². The molecule has 1 aromatic carbocycles. The minimum Gasteiger partial charge on any atom is -0.339 e. The molecule has 27 heavy (non-hydrogen) atoms. The Hall–Kier alpha value is -2.84. The molecule has 1 fully saturated rings. The van der Waals surface area contributed by atoms with Crippen molar-refractivity contribution in [3.8, 4) is 11.5 Å². The van der Waals surface area contributed by atoms with E-state index < -0.39 is 10.0 Å². The third-order valence-corrected chi connectivity index (χ3v) is 5.90. The molecule has 0 amide bonds. The second-order valence-electron chi connectivity index (χ2n) is 6.44. The van der Waals surface area contributed by atoms with Gasteiger partial charge in [0.05, 0.1) is 5.92 Å². The molecule has 7 nitrogen and oxygen atoms in total. The number of hydrogen-bond acceptors (Lipinski definition) is 6. The monoisotopic (exact) mass is 382 g/mol. The summed E-state index contributed by atoms with van der Waals surface area (Å²) in [5, 5.41) is 5.17. The first-order valence-electron chi connectivity index (χ1n) is 8.51. The topological polar surface area (TPSA) is 89.2 Å².